The molecular formula is C16H16O3. The van der Waals surface area contributed by atoms with Gasteiger partial charge in [0.2, 0.25) is 0 Å². The fourth-order valence-electron chi connectivity index (χ4n) is 3.23. The summed E-state index contributed by atoms with van der Waals surface area (Å²) in [4.78, 5) is 25.0. The molecule has 0 aromatic heterocycles. The van der Waals surface area contributed by atoms with Crippen molar-refractivity contribution in [1.82, 2.24) is 0 Å². The van der Waals surface area contributed by atoms with E-state index in [0.717, 1.165) is 0 Å². The van der Waals surface area contributed by atoms with Crippen LogP contribution in [0.2, 0.25) is 0 Å². The lowest BCUT2D eigenvalue weighted by molar-refractivity contribution is 0.0718. The van der Waals surface area contributed by atoms with Gasteiger partial charge in [-0.3, -0.25) is 9.59 Å². The lowest BCUT2D eigenvalue weighted by Crippen LogP contribution is -2.38. The number of phenolic OH excluding ortho intramolecular Hbond substituents is 1. The highest BCUT2D eigenvalue weighted by Gasteiger charge is 2.44. The molecule has 2 unspecified atom stereocenters. The molecule has 1 N–H and O–H groups in total. The molecule has 0 amide bonds. The molecule has 0 bridgehead atoms. The topological polar surface area (TPSA) is 54.4 Å². The second-order valence-electron chi connectivity index (χ2n) is 5.61. The van der Waals surface area contributed by atoms with E-state index in [4.69, 9.17) is 0 Å². The summed E-state index contributed by atoms with van der Waals surface area (Å²) in [5.74, 6) is -0.687. The van der Waals surface area contributed by atoms with Gasteiger partial charge in [0.1, 0.15) is 5.75 Å². The summed E-state index contributed by atoms with van der Waals surface area (Å²) >= 11 is 0. The largest absolute Gasteiger partial charge is 0.507 e. The first-order valence-electron chi connectivity index (χ1n) is 6.56. The summed E-state index contributed by atoms with van der Waals surface area (Å²) in [5, 5.41) is 9.87. The van der Waals surface area contributed by atoms with Crippen molar-refractivity contribution < 1.29 is 14.7 Å². The number of fused-ring (bicyclic) bond motifs is 2. The van der Waals surface area contributed by atoms with Crippen molar-refractivity contribution >= 4 is 11.6 Å². The van der Waals surface area contributed by atoms with E-state index >= 15 is 0 Å². The number of allylic oxidation sites excluding steroid dienone is 2. The maximum atomic E-state index is 12.5. The van der Waals surface area contributed by atoms with Crippen LogP contribution in [-0.4, -0.2) is 16.7 Å². The van der Waals surface area contributed by atoms with Gasteiger partial charge in [-0.2, -0.15) is 0 Å². The Kier molecular flexibility index (Phi) is 2.59. The maximum Gasteiger partial charge on any atom is 0.171 e. The van der Waals surface area contributed by atoms with Crippen LogP contribution < -0.4 is 0 Å². The van der Waals surface area contributed by atoms with Gasteiger partial charge in [-0.05, 0) is 32.8 Å². The van der Waals surface area contributed by atoms with Crippen molar-refractivity contribution in [3.63, 3.8) is 0 Å². The molecule has 0 aliphatic heterocycles. The second kappa shape index (κ2) is 4.05. The molecule has 98 valence electrons. The number of carbonyl (C=O) groups is 2. The summed E-state index contributed by atoms with van der Waals surface area (Å²) in [5.41, 5.74) is 3.02. The van der Waals surface area contributed by atoms with Crippen molar-refractivity contribution in [3.8, 4) is 5.75 Å². The van der Waals surface area contributed by atoms with Gasteiger partial charge in [-0.25, -0.2) is 0 Å². The van der Waals surface area contributed by atoms with E-state index in [-0.39, 0.29) is 34.7 Å². The average Bonchev–Trinajstić information content (AvgIpc) is 2.38. The van der Waals surface area contributed by atoms with E-state index in [1.54, 1.807) is 12.1 Å². The van der Waals surface area contributed by atoms with Gasteiger partial charge in [-0.15, -0.1) is 0 Å². The van der Waals surface area contributed by atoms with Gasteiger partial charge >= 0.3 is 0 Å². The summed E-state index contributed by atoms with van der Waals surface area (Å²) in [6, 6.07) is 4.74. The summed E-state index contributed by atoms with van der Waals surface area (Å²) in [7, 11) is 0. The smallest absolute Gasteiger partial charge is 0.171 e. The zero-order chi connectivity index (χ0) is 13.7. The molecular weight excluding hydrogens is 240 g/mol. The number of phenols is 1. The van der Waals surface area contributed by atoms with Crippen LogP contribution >= 0.6 is 0 Å². The molecule has 3 heteroatoms. The summed E-state index contributed by atoms with van der Waals surface area (Å²) < 4.78 is 0. The molecule has 2 atom stereocenters. The van der Waals surface area contributed by atoms with Gasteiger partial charge in [0.25, 0.3) is 0 Å². The fraction of sp³-hybridized carbons (Fsp3) is 0.375. The Morgan fingerprint density at radius 2 is 1.58 bits per heavy atom. The Hall–Kier alpha value is -1.90. The standard InChI is InChI=1S/C16H16O3/c1-8-6-11-12(7-9(8)2)16(19)14-10(15(11)18)4-3-5-13(14)17/h3-5,11-12,17H,6-7H2,1-2H3. The lowest BCUT2D eigenvalue weighted by atomic mass is 9.66. The van der Waals surface area contributed by atoms with E-state index < -0.39 is 0 Å². The van der Waals surface area contributed by atoms with Crippen LogP contribution in [0.1, 0.15) is 47.4 Å². The van der Waals surface area contributed by atoms with Crippen molar-refractivity contribution in [1.29, 1.82) is 0 Å². The first-order valence-corrected chi connectivity index (χ1v) is 6.56. The van der Waals surface area contributed by atoms with Crippen LogP contribution in [0.5, 0.6) is 5.75 Å². The number of Topliss-reactive ketones (excluding diaryl/α,β-unsaturated/α-hetero) is 2. The Balaban J connectivity index is 2.16. The number of carbonyl (C=O) groups excluding carboxylic acids is 2. The number of ketones is 2. The minimum absolute atomic E-state index is 0.00218. The minimum Gasteiger partial charge on any atom is -0.507 e. The van der Waals surface area contributed by atoms with Crippen LogP contribution in [0.25, 0.3) is 0 Å². The normalized spacial score (nSPS) is 26.2. The molecule has 0 saturated heterocycles. The predicted molar refractivity (Wildman–Crippen MR) is 71.4 cm³/mol. The molecule has 0 heterocycles. The van der Waals surface area contributed by atoms with Crippen LogP contribution in [0, 0.1) is 11.8 Å². The van der Waals surface area contributed by atoms with Crippen LogP contribution in [0.4, 0.5) is 0 Å². The van der Waals surface area contributed by atoms with Crippen molar-refractivity contribution in [2.75, 3.05) is 0 Å². The zero-order valence-electron chi connectivity index (χ0n) is 11.1. The zero-order valence-corrected chi connectivity index (χ0v) is 11.1. The number of hydrogen-bond acceptors (Lipinski definition) is 3. The maximum absolute atomic E-state index is 12.5. The molecule has 2 aliphatic rings. The first-order chi connectivity index (χ1) is 9.00. The Bertz CT molecular complexity index is 625. The summed E-state index contributed by atoms with van der Waals surface area (Å²) in [6.45, 7) is 4.05. The fourth-order valence-corrected chi connectivity index (χ4v) is 3.23. The van der Waals surface area contributed by atoms with E-state index in [1.165, 1.54) is 17.2 Å². The van der Waals surface area contributed by atoms with Gasteiger partial charge in [0, 0.05) is 17.4 Å². The molecule has 19 heavy (non-hydrogen) atoms. The monoisotopic (exact) mass is 256 g/mol. The number of benzene rings is 1. The van der Waals surface area contributed by atoms with Gasteiger partial charge < -0.3 is 5.11 Å². The second-order valence-corrected chi connectivity index (χ2v) is 5.61. The Labute approximate surface area is 111 Å². The predicted octanol–water partition coefficient (Wildman–Crippen LogP) is 3.13. The highest BCUT2D eigenvalue weighted by molar-refractivity contribution is 6.17. The number of hydrogen-bond donors (Lipinski definition) is 1. The Morgan fingerprint density at radius 1 is 1.00 bits per heavy atom. The third-order valence-electron chi connectivity index (χ3n) is 4.49. The molecule has 1 aromatic carbocycles. The van der Waals surface area contributed by atoms with E-state index in [0.29, 0.717) is 18.4 Å². The van der Waals surface area contributed by atoms with E-state index in [1.807, 2.05) is 13.8 Å². The first kappa shape index (κ1) is 12.2. The molecule has 0 spiro atoms. The van der Waals surface area contributed by atoms with Gasteiger partial charge in [0.05, 0.1) is 5.56 Å². The van der Waals surface area contributed by atoms with Gasteiger partial charge in [0.15, 0.2) is 11.6 Å². The third kappa shape index (κ3) is 1.65. The third-order valence-corrected chi connectivity index (χ3v) is 4.49. The number of rotatable bonds is 0. The highest BCUT2D eigenvalue weighted by atomic mass is 16.3. The van der Waals surface area contributed by atoms with Gasteiger partial charge in [-0.1, -0.05) is 23.3 Å². The Morgan fingerprint density at radius 3 is 2.21 bits per heavy atom. The van der Waals surface area contributed by atoms with Crippen molar-refractivity contribution in [2.24, 2.45) is 11.8 Å². The minimum atomic E-state index is -0.294. The molecule has 0 saturated carbocycles. The molecule has 3 nitrogen and oxygen atoms in total. The summed E-state index contributed by atoms with van der Waals surface area (Å²) in [6.07, 6.45) is 1.30. The molecule has 0 fully saturated rings. The highest BCUT2D eigenvalue weighted by Crippen LogP contribution is 2.43. The molecule has 0 radical (unpaired) electrons. The molecule has 1 aromatic rings. The van der Waals surface area contributed by atoms with Crippen molar-refractivity contribution in [3.05, 3.63) is 40.5 Å². The van der Waals surface area contributed by atoms with Crippen LogP contribution in [0.15, 0.2) is 29.3 Å². The number of aromatic hydroxyl groups is 1. The molecule has 2 aliphatic carbocycles. The quantitative estimate of drug-likeness (QED) is 0.725. The lowest BCUT2D eigenvalue weighted by Gasteiger charge is -2.35. The average molecular weight is 256 g/mol. The van der Waals surface area contributed by atoms with E-state index in [9.17, 15) is 14.7 Å². The van der Waals surface area contributed by atoms with Crippen LogP contribution in [0.3, 0.4) is 0 Å². The molecule has 3 rings (SSSR count). The SMILES string of the molecule is CC1=C(C)CC2C(=O)c3c(O)cccc3C(=O)C2C1. The van der Waals surface area contributed by atoms with Crippen molar-refractivity contribution in [2.45, 2.75) is 26.7 Å². The van der Waals surface area contributed by atoms with Crippen LogP contribution in [-0.2, 0) is 0 Å². The van der Waals surface area contributed by atoms with E-state index in [2.05, 4.69) is 0 Å².